The highest BCUT2D eigenvalue weighted by molar-refractivity contribution is 7.13. The average molecular weight is 308 g/mol. The number of hydrogen-bond acceptors (Lipinski definition) is 4. The van der Waals surface area contributed by atoms with E-state index in [1.54, 1.807) is 23.6 Å². The van der Waals surface area contributed by atoms with Crippen LogP contribution < -0.4 is 5.32 Å². The van der Waals surface area contributed by atoms with Crippen molar-refractivity contribution in [2.24, 2.45) is 0 Å². The van der Waals surface area contributed by atoms with Gasteiger partial charge in [-0.2, -0.15) is 0 Å². The number of thiazole rings is 1. The van der Waals surface area contributed by atoms with E-state index in [1.165, 1.54) is 24.3 Å². The van der Waals surface area contributed by atoms with Crippen molar-refractivity contribution in [3.8, 4) is 10.6 Å². The number of carbonyl (C=O) groups excluding carboxylic acids is 1. The van der Waals surface area contributed by atoms with Crippen molar-refractivity contribution in [1.82, 2.24) is 10.3 Å². The van der Waals surface area contributed by atoms with Crippen molar-refractivity contribution in [2.75, 3.05) is 0 Å². The quantitative estimate of drug-likeness (QED) is 0.886. The van der Waals surface area contributed by atoms with E-state index in [-0.39, 0.29) is 12.2 Å². The van der Waals surface area contributed by atoms with Gasteiger partial charge in [0.15, 0.2) is 0 Å². The first kappa shape index (κ1) is 15.1. The van der Waals surface area contributed by atoms with E-state index >= 15 is 0 Å². The number of aliphatic carboxylic acids is 1. The second-order valence-electron chi connectivity index (χ2n) is 4.43. The van der Waals surface area contributed by atoms with Gasteiger partial charge in [0.1, 0.15) is 16.9 Å². The molecule has 5 nitrogen and oxygen atoms in total. The van der Waals surface area contributed by atoms with Gasteiger partial charge in [-0.25, -0.2) is 9.37 Å². The summed E-state index contributed by atoms with van der Waals surface area (Å²) < 4.78 is 13.6. The van der Waals surface area contributed by atoms with Gasteiger partial charge >= 0.3 is 5.97 Å². The van der Waals surface area contributed by atoms with Gasteiger partial charge in [-0.15, -0.1) is 11.3 Å². The Bertz CT molecular complexity index is 672. The van der Waals surface area contributed by atoms with E-state index in [0.717, 1.165) is 0 Å². The summed E-state index contributed by atoms with van der Waals surface area (Å²) in [4.78, 5) is 26.5. The molecule has 2 rings (SSSR count). The van der Waals surface area contributed by atoms with Gasteiger partial charge in [-0.1, -0.05) is 12.1 Å². The van der Waals surface area contributed by atoms with Crippen LogP contribution in [-0.2, 0) is 16.0 Å². The van der Waals surface area contributed by atoms with Gasteiger partial charge in [0.05, 0.1) is 12.1 Å². The molecule has 0 aliphatic rings. The lowest BCUT2D eigenvalue weighted by atomic mass is 10.2. The molecule has 21 heavy (non-hydrogen) atoms. The number of benzene rings is 1. The third-order valence-electron chi connectivity index (χ3n) is 2.75. The minimum Gasteiger partial charge on any atom is -0.480 e. The number of carbonyl (C=O) groups is 2. The minimum absolute atomic E-state index is 0.0391. The molecule has 0 aliphatic heterocycles. The summed E-state index contributed by atoms with van der Waals surface area (Å²) in [6, 6.07) is 5.30. The predicted molar refractivity (Wildman–Crippen MR) is 76.5 cm³/mol. The van der Waals surface area contributed by atoms with Gasteiger partial charge < -0.3 is 10.4 Å². The van der Waals surface area contributed by atoms with Crippen LogP contribution >= 0.6 is 11.3 Å². The van der Waals surface area contributed by atoms with Crippen LogP contribution in [0.5, 0.6) is 0 Å². The Balaban J connectivity index is 2.06. The second kappa shape index (κ2) is 6.45. The van der Waals surface area contributed by atoms with E-state index in [4.69, 9.17) is 5.11 Å². The smallest absolute Gasteiger partial charge is 0.325 e. The molecule has 7 heteroatoms. The Morgan fingerprint density at radius 2 is 2.14 bits per heavy atom. The maximum atomic E-state index is 13.6. The molecule has 110 valence electrons. The number of carboxylic acids is 1. The summed E-state index contributed by atoms with van der Waals surface area (Å²) in [6.45, 7) is 1.38. The molecule has 1 amide bonds. The van der Waals surface area contributed by atoms with Crippen LogP contribution in [0.1, 0.15) is 12.6 Å². The molecule has 0 radical (unpaired) electrons. The number of nitrogens with one attached hydrogen (secondary N) is 1. The molecule has 0 bridgehead atoms. The Labute approximate surface area is 124 Å². The zero-order valence-corrected chi connectivity index (χ0v) is 12.0. The summed E-state index contributed by atoms with van der Waals surface area (Å²) in [5, 5.41) is 13.2. The number of carboxylic acid groups (broad SMARTS) is 1. The Morgan fingerprint density at radius 3 is 2.81 bits per heavy atom. The molecule has 0 aliphatic carbocycles. The molecular formula is C14H13FN2O3S. The molecule has 2 N–H and O–H groups in total. The Hall–Kier alpha value is -2.28. The van der Waals surface area contributed by atoms with Crippen molar-refractivity contribution < 1.29 is 19.1 Å². The number of hydrogen-bond donors (Lipinski definition) is 2. The molecule has 0 saturated carbocycles. The van der Waals surface area contributed by atoms with Crippen LogP contribution in [-0.4, -0.2) is 28.0 Å². The Morgan fingerprint density at radius 1 is 1.43 bits per heavy atom. The van der Waals surface area contributed by atoms with Crippen LogP contribution in [0.2, 0.25) is 0 Å². The SMILES string of the molecule is C[C@H](NC(=O)Cc1csc(-c2ccccc2F)n1)C(=O)O. The third-order valence-corrected chi connectivity index (χ3v) is 3.67. The van der Waals surface area contributed by atoms with Crippen LogP contribution in [0.3, 0.4) is 0 Å². The van der Waals surface area contributed by atoms with Gasteiger partial charge in [0.2, 0.25) is 5.91 Å². The number of nitrogens with zero attached hydrogens (tertiary/aromatic N) is 1. The van der Waals surface area contributed by atoms with Crippen molar-refractivity contribution in [2.45, 2.75) is 19.4 Å². The van der Waals surface area contributed by atoms with Crippen LogP contribution in [0.25, 0.3) is 10.6 Å². The highest BCUT2D eigenvalue weighted by Gasteiger charge is 2.16. The standard InChI is InChI=1S/C14H13FN2O3S/c1-8(14(19)20)16-12(18)6-9-7-21-13(17-9)10-4-2-3-5-11(10)15/h2-5,7-8H,6H2,1H3,(H,16,18)(H,19,20)/t8-/m0/s1. The summed E-state index contributed by atoms with van der Waals surface area (Å²) >= 11 is 1.24. The van der Waals surface area contributed by atoms with Crippen LogP contribution in [0.4, 0.5) is 4.39 Å². The average Bonchev–Trinajstić information content (AvgIpc) is 2.87. The first-order chi connectivity index (χ1) is 9.97. The maximum Gasteiger partial charge on any atom is 0.325 e. The highest BCUT2D eigenvalue weighted by atomic mass is 32.1. The number of aromatic nitrogens is 1. The fourth-order valence-corrected chi connectivity index (χ4v) is 2.51. The largest absolute Gasteiger partial charge is 0.480 e. The molecule has 1 aromatic carbocycles. The van der Waals surface area contributed by atoms with Crippen LogP contribution in [0, 0.1) is 5.82 Å². The molecule has 2 aromatic rings. The monoisotopic (exact) mass is 308 g/mol. The second-order valence-corrected chi connectivity index (χ2v) is 5.29. The van der Waals surface area contributed by atoms with E-state index in [9.17, 15) is 14.0 Å². The summed E-state index contributed by atoms with van der Waals surface area (Å²) in [5.41, 5.74) is 0.862. The first-order valence-electron chi connectivity index (χ1n) is 6.19. The lowest BCUT2D eigenvalue weighted by molar-refractivity contribution is -0.141. The maximum absolute atomic E-state index is 13.6. The van der Waals surface area contributed by atoms with Crippen molar-refractivity contribution in [1.29, 1.82) is 0 Å². The van der Waals surface area contributed by atoms with E-state index in [2.05, 4.69) is 10.3 Å². The molecule has 1 heterocycles. The van der Waals surface area contributed by atoms with Gasteiger partial charge in [-0.05, 0) is 19.1 Å². The van der Waals surface area contributed by atoms with Gasteiger partial charge in [-0.3, -0.25) is 9.59 Å². The first-order valence-corrected chi connectivity index (χ1v) is 7.07. The van der Waals surface area contributed by atoms with Crippen molar-refractivity contribution >= 4 is 23.2 Å². The van der Waals surface area contributed by atoms with E-state index in [1.807, 2.05) is 0 Å². The number of rotatable bonds is 5. The minimum atomic E-state index is -1.10. The highest BCUT2D eigenvalue weighted by Crippen LogP contribution is 2.26. The summed E-state index contributed by atoms with van der Waals surface area (Å²) in [7, 11) is 0. The zero-order valence-electron chi connectivity index (χ0n) is 11.2. The molecule has 1 aromatic heterocycles. The normalized spacial score (nSPS) is 11.9. The molecule has 0 spiro atoms. The Kier molecular flexibility index (Phi) is 4.64. The topological polar surface area (TPSA) is 79.3 Å². The number of halogens is 1. The lowest BCUT2D eigenvalue weighted by Crippen LogP contribution is -2.39. The van der Waals surface area contributed by atoms with Crippen LogP contribution in [0.15, 0.2) is 29.6 Å². The lowest BCUT2D eigenvalue weighted by Gasteiger charge is -2.07. The van der Waals surface area contributed by atoms with Gasteiger partial charge in [0, 0.05) is 10.9 Å². The van der Waals surface area contributed by atoms with Crippen molar-refractivity contribution in [3.63, 3.8) is 0 Å². The van der Waals surface area contributed by atoms with E-state index in [0.29, 0.717) is 16.3 Å². The van der Waals surface area contributed by atoms with Gasteiger partial charge in [0.25, 0.3) is 0 Å². The van der Waals surface area contributed by atoms with E-state index < -0.39 is 17.9 Å². The third kappa shape index (κ3) is 3.85. The summed E-state index contributed by atoms with van der Waals surface area (Å²) in [5.74, 6) is -1.91. The van der Waals surface area contributed by atoms with Crippen molar-refractivity contribution in [3.05, 3.63) is 41.2 Å². The molecule has 1 atom stereocenters. The fraction of sp³-hybridized carbons (Fsp3) is 0.214. The summed E-state index contributed by atoms with van der Waals surface area (Å²) in [6.07, 6.45) is -0.0391. The predicted octanol–water partition coefficient (Wildman–Crippen LogP) is 2.08. The molecule has 0 unspecified atom stereocenters. The molecule has 0 fully saturated rings. The molecule has 0 saturated heterocycles. The molecular weight excluding hydrogens is 295 g/mol. The zero-order chi connectivity index (χ0) is 15.4. The number of amides is 1. The fourth-order valence-electron chi connectivity index (χ4n) is 1.67.